The molecular weight excluding hydrogens is 452 g/mol. The van der Waals surface area contributed by atoms with Crippen LogP contribution >= 0.6 is 11.6 Å². The Morgan fingerprint density at radius 1 is 1.15 bits per heavy atom. The molecule has 0 radical (unpaired) electrons. The molecule has 8 heteroatoms. The van der Waals surface area contributed by atoms with Gasteiger partial charge in [0, 0.05) is 48.6 Å². The molecule has 0 N–H and O–H groups in total. The predicted octanol–water partition coefficient (Wildman–Crippen LogP) is 4.49. The molecular formula is C26H25ClN4O3. The number of halogens is 1. The van der Waals surface area contributed by atoms with E-state index >= 15 is 0 Å². The molecule has 3 aromatic rings. The van der Waals surface area contributed by atoms with Crippen molar-refractivity contribution < 1.29 is 14.3 Å². The Labute approximate surface area is 203 Å². The van der Waals surface area contributed by atoms with Gasteiger partial charge in [0.25, 0.3) is 0 Å². The monoisotopic (exact) mass is 476 g/mol. The van der Waals surface area contributed by atoms with E-state index in [1.165, 1.54) is 6.08 Å². The van der Waals surface area contributed by atoms with Crippen LogP contribution in [0.3, 0.4) is 0 Å². The standard InChI is InChI=1S/C26H25ClN4O3/c1-4-21(32)30-11-13-31(14-12-30)24-19-15-16(2)23(34-25(19)29-26(28-24)33-3)18-9-5-7-17-8-6-10-20(27)22(17)18/h4-10H,1,11-15H2,2-3H3. The lowest BCUT2D eigenvalue weighted by Crippen LogP contribution is -2.49. The molecule has 2 aliphatic rings. The van der Waals surface area contributed by atoms with Crippen LogP contribution in [0.4, 0.5) is 5.82 Å². The van der Waals surface area contributed by atoms with Crippen molar-refractivity contribution >= 4 is 39.9 Å². The lowest BCUT2D eigenvalue weighted by atomic mass is 9.96. The van der Waals surface area contributed by atoms with Gasteiger partial charge in [0.15, 0.2) is 0 Å². The molecule has 0 spiro atoms. The number of anilines is 1. The Kier molecular flexibility index (Phi) is 5.87. The van der Waals surface area contributed by atoms with Crippen LogP contribution in [0.15, 0.2) is 54.6 Å². The highest BCUT2D eigenvalue weighted by molar-refractivity contribution is 6.36. The van der Waals surface area contributed by atoms with E-state index in [2.05, 4.69) is 28.4 Å². The lowest BCUT2D eigenvalue weighted by Gasteiger charge is -2.36. The van der Waals surface area contributed by atoms with Gasteiger partial charge in [0.05, 0.1) is 12.7 Å². The van der Waals surface area contributed by atoms with Gasteiger partial charge in [-0.2, -0.15) is 9.97 Å². The third-order valence-corrected chi connectivity index (χ3v) is 6.62. The minimum absolute atomic E-state index is 0.0533. The zero-order valence-electron chi connectivity index (χ0n) is 19.2. The minimum atomic E-state index is -0.0533. The lowest BCUT2D eigenvalue weighted by molar-refractivity contribution is -0.126. The van der Waals surface area contributed by atoms with Gasteiger partial charge >= 0.3 is 6.01 Å². The zero-order chi connectivity index (χ0) is 23.8. The number of nitrogens with zero attached hydrogens (tertiary/aromatic N) is 4. The van der Waals surface area contributed by atoms with Gasteiger partial charge in [-0.25, -0.2) is 0 Å². The third kappa shape index (κ3) is 3.86. The molecule has 1 amide bonds. The Morgan fingerprint density at radius 3 is 2.59 bits per heavy atom. The van der Waals surface area contributed by atoms with E-state index in [1.807, 2.05) is 36.4 Å². The maximum atomic E-state index is 12.0. The van der Waals surface area contributed by atoms with E-state index in [4.69, 9.17) is 21.1 Å². The van der Waals surface area contributed by atoms with E-state index in [-0.39, 0.29) is 11.9 Å². The molecule has 2 aliphatic heterocycles. The highest BCUT2D eigenvalue weighted by Gasteiger charge is 2.30. The highest BCUT2D eigenvalue weighted by atomic mass is 35.5. The molecule has 2 aromatic carbocycles. The topological polar surface area (TPSA) is 67.8 Å². The molecule has 0 unspecified atom stereocenters. The van der Waals surface area contributed by atoms with Gasteiger partial charge in [-0.05, 0) is 30.0 Å². The largest absolute Gasteiger partial charge is 0.467 e. The SMILES string of the molecule is C=CC(=O)N1CCN(c2nc(OC)nc3c2CC(C)=C(c2cccc4cccc(Cl)c24)O3)CC1. The fraction of sp³-hybridized carbons (Fsp3) is 0.269. The first kappa shape index (κ1) is 22.2. The summed E-state index contributed by atoms with van der Waals surface area (Å²) < 4.78 is 11.8. The number of amides is 1. The van der Waals surface area contributed by atoms with Crippen LogP contribution < -0.4 is 14.4 Å². The molecule has 3 heterocycles. The van der Waals surface area contributed by atoms with Crippen molar-refractivity contribution in [3.63, 3.8) is 0 Å². The molecule has 1 saturated heterocycles. The Morgan fingerprint density at radius 2 is 1.88 bits per heavy atom. The first-order valence-corrected chi connectivity index (χ1v) is 11.5. The number of hydrogen-bond donors (Lipinski definition) is 0. The minimum Gasteiger partial charge on any atom is -0.467 e. The van der Waals surface area contributed by atoms with Crippen molar-refractivity contribution in [1.29, 1.82) is 0 Å². The summed E-state index contributed by atoms with van der Waals surface area (Å²) in [6.45, 7) is 8.15. The summed E-state index contributed by atoms with van der Waals surface area (Å²) in [6, 6.07) is 12.2. The number of fused-ring (bicyclic) bond motifs is 2. The van der Waals surface area contributed by atoms with E-state index in [1.54, 1.807) is 12.0 Å². The first-order valence-electron chi connectivity index (χ1n) is 11.2. The average molecular weight is 477 g/mol. The van der Waals surface area contributed by atoms with Gasteiger partial charge in [-0.1, -0.05) is 48.5 Å². The summed E-state index contributed by atoms with van der Waals surface area (Å²) in [6.07, 6.45) is 1.99. The van der Waals surface area contributed by atoms with Crippen LogP contribution in [0.1, 0.15) is 18.1 Å². The van der Waals surface area contributed by atoms with Crippen LogP contribution in [0.25, 0.3) is 16.5 Å². The van der Waals surface area contributed by atoms with Crippen molar-refractivity contribution in [3.05, 3.63) is 70.8 Å². The number of hydrogen-bond acceptors (Lipinski definition) is 6. The maximum Gasteiger partial charge on any atom is 0.321 e. The number of allylic oxidation sites excluding steroid dienone is 1. The van der Waals surface area contributed by atoms with E-state index in [9.17, 15) is 4.79 Å². The summed E-state index contributed by atoms with van der Waals surface area (Å²) in [7, 11) is 1.54. The van der Waals surface area contributed by atoms with Gasteiger partial charge in [-0.3, -0.25) is 4.79 Å². The molecule has 0 saturated carbocycles. The van der Waals surface area contributed by atoms with Crippen LogP contribution in [-0.4, -0.2) is 54.1 Å². The summed E-state index contributed by atoms with van der Waals surface area (Å²) >= 11 is 6.58. The first-order chi connectivity index (χ1) is 16.5. The Balaban J connectivity index is 1.53. The molecule has 1 fully saturated rings. The van der Waals surface area contributed by atoms with Gasteiger partial charge < -0.3 is 19.3 Å². The maximum absolute atomic E-state index is 12.0. The third-order valence-electron chi connectivity index (χ3n) is 6.30. The van der Waals surface area contributed by atoms with E-state index in [0.717, 1.165) is 39.0 Å². The Bertz CT molecular complexity index is 1320. The van der Waals surface area contributed by atoms with Crippen molar-refractivity contribution in [1.82, 2.24) is 14.9 Å². The van der Waals surface area contributed by atoms with Gasteiger partial charge in [0.2, 0.25) is 11.8 Å². The van der Waals surface area contributed by atoms with Crippen molar-refractivity contribution in [3.8, 4) is 11.9 Å². The van der Waals surface area contributed by atoms with Crippen LogP contribution in [0.5, 0.6) is 11.9 Å². The fourth-order valence-corrected chi connectivity index (χ4v) is 4.87. The number of methoxy groups -OCH3 is 1. The molecule has 174 valence electrons. The fourth-order valence-electron chi connectivity index (χ4n) is 4.59. The number of carbonyl (C=O) groups excluding carboxylic acids is 1. The summed E-state index contributed by atoms with van der Waals surface area (Å²) in [5.41, 5.74) is 2.91. The number of piperazine rings is 1. The number of carbonyl (C=O) groups is 1. The van der Waals surface area contributed by atoms with Gasteiger partial charge in [-0.15, -0.1) is 0 Å². The molecule has 0 atom stereocenters. The average Bonchev–Trinajstić information content (AvgIpc) is 2.87. The van der Waals surface area contributed by atoms with Crippen molar-refractivity contribution in [2.45, 2.75) is 13.3 Å². The van der Waals surface area contributed by atoms with Crippen molar-refractivity contribution in [2.75, 3.05) is 38.2 Å². The normalized spacial score (nSPS) is 15.7. The van der Waals surface area contributed by atoms with Crippen molar-refractivity contribution in [2.24, 2.45) is 0 Å². The summed E-state index contributed by atoms with van der Waals surface area (Å²) in [5.74, 6) is 1.96. The van der Waals surface area contributed by atoms with E-state index < -0.39 is 0 Å². The summed E-state index contributed by atoms with van der Waals surface area (Å²) in [5, 5.41) is 2.68. The van der Waals surface area contributed by atoms with Gasteiger partial charge in [0.1, 0.15) is 11.6 Å². The second-order valence-corrected chi connectivity index (χ2v) is 8.77. The van der Waals surface area contributed by atoms with Crippen LogP contribution in [0, 0.1) is 0 Å². The second kappa shape index (κ2) is 8.99. The molecule has 7 nitrogen and oxygen atoms in total. The van der Waals surface area contributed by atoms with Crippen LogP contribution in [0.2, 0.25) is 5.02 Å². The Hall–Kier alpha value is -3.58. The number of aromatic nitrogens is 2. The predicted molar refractivity (Wildman–Crippen MR) is 133 cm³/mol. The smallest absolute Gasteiger partial charge is 0.321 e. The quantitative estimate of drug-likeness (QED) is 0.517. The highest BCUT2D eigenvalue weighted by Crippen LogP contribution is 2.41. The molecule has 0 aliphatic carbocycles. The summed E-state index contributed by atoms with van der Waals surface area (Å²) in [4.78, 5) is 25.1. The number of rotatable bonds is 4. The number of benzene rings is 2. The molecule has 1 aromatic heterocycles. The molecule has 0 bridgehead atoms. The second-order valence-electron chi connectivity index (χ2n) is 8.37. The van der Waals surface area contributed by atoms with Crippen LogP contribution in [-0.2, 0) is 11.2 Å². The number of ether oxygens (including phenoxy) is 2. The molecule has 5 rings (SSSR count). The molecule has 34 heavy (non-hydrogen) atoms. The zero-order valence-corrected chi connectivity index (χ0v) is 19.9. The van der Waals surface area contributed by atoms with E-state index in [0.29, 0.717) is 43.5 Å².